The van der Waals surface area contributed by atoms with E-state index in [-0.39, 0.29) is 31.5 Å². The van der Waals surface area contributed by atoms with Crippen LogP contribution in [0.25, 0.3) is 0 Å². The molecule has 1 atom stereocenters. The summed E-state index contributed by atoms with van der Waals surface area (Å²) in [6.07, 6.45) is 0.865. The van der Waals surface area contributed by atoms with Gasteiger partial charge in [-0.05, 0) is 6.42 Å². The Morgan fingerprint density at radius 1 is 1.50 bits per heavy atom. The van der Waals surface area contributed by atoms with Crippen LogP contribution in [0.15, 0.2) is 0 Å². The quantitative estimate of drug-likeness (QED) is 0.598. The van der Waals surface area contributed by atoms with E-state index in [9.17, 15) is 9.59 Å². The molecule has 0 spiro atoms. The normalized spacial score (nSPS) is 12.2. The van der Waals surface area contributed by atoms with Crippen molar-refractivity contribution in [2.24, 2.45) is 5.73 Å². The molecule has 6 heteroatoms. The van der Waals surface area contributed by atoms with Crippen LogP contribution >= 0.6 is 0 Å². The van der Waals surface area contributed by atoms with Gasteiger partial charge in [-0.3, -0.25) is 9.59 Å². The van der Waals surface area contributed by atoms with E-state index in [2.05, 4.69) is 0 Å². The molecule has 0 saturated carbocycles. The first-order valence-corrected chi connectivity index (χ1v) is 5.25. The number of nitrogens with two attached hydrogens (primary N) is 1. The van der Waals surface area contributed by atoms with Gasteiger partial charge in [0.05, 0.1) is 6.61 Å². The summed E-state index contributed by atoms with van der Waals surface area (Å²) in [6.45, 7) is 2.17. The summed E-state index contributed by atoms with van der Waals surface area (Å²) in [4.78, 5) is 23.5. The number of amides is 1. The highest BCUT2D eigenvalue weighted by Crippen LogP contribution is 2.00. The number of rotatable bonds is 8. The van der Waals surface area contributed by atoms with Gasteiger partial charge in [0, 0.05) is 26.1 Å². The molecule has 0 aliphatic rings. The highest BCUT2D eigenvalue weighted by atomic mass is 16.5. The van der Waals surface area contributed by atoms with Gasteiger partial charge in [0.1, 0.15) is 6.54 Å². The van der Waals surface area contributed by atoms with E-state index in [0.29, 0.717) is 13.0 Å². The zero-order valence-corrected chi connectivity index (χ0v) is 9.81. The van der Waals surface area contributed by atoms with E-state index >= 15 is 0 Å². The Hall–Kier alpha value is -1.14. The van der Waals surface area contributed by atoms with Crippen molar-refractivity contribution in [3.63, 3.8) is 0 Å². The maximum atomic E-state index is 11.7. The highest BCUT2D eigenvalue weighted by Gasteiger charge is 2.18. The second-order valence-corrected chi connectivity index (χ2v) is 3.57. The zero-order chi connectivity index (χ0) is 12.6. The van der Waals surface area contributed by atoms with Crippen molar-refractivity contribution < 1.29 is 19.4 Å². The van der Waals surface area contributed by atoms with Gasteiger partial charge in [-0.25, -0.2) is 0 Å². The maximum absolute atomic E-state index is 11.7. The Morgan fingerprint density at radius 3 is 2.56 bits per heavy atom. The number of hydrogen-bond acceptors (Lipinski definition) is 4. The van der Waals surface area contributed by atoms with Crippen molar-refractivity contribution in [3.05, 3.63) is 0 Å². The average Bonchev–Trinajstić information content (AvgIpc) is 2.23. The van der Waals surface area contributed by atoms with E-state index in [1.807, 2.05) is 6.92 Å². The monoisotopic (exact) mass is 232 g/mol. The standard InChI is InChI=1S/C10H20N2O4/c1-3-8(11)6-9(13)12(4-5-16-2)7-10(14)15/h8H,3-7,11H2,1-2H3,(H,14,15). The molecule has 0 aromatic heterocycles. The lowest BCUT2D eigenvalue weighted by Gasteiger charge is -2.21. The summed E-state index contributed by atoms with van der Waals surface area (Å²) in [5, 5.41) is 8.66. The van der Waals surface area contributed by atoms with Crippen LogP contribution in [0, 0.1) is 0 Å². The second-order valence-electron chi connectivity index (χ2n) is 3.57. The van der Waals surface area contributed by atoms with Gasteiger partial charge >= 0.3 is 5.97 Å². The van der Waals surface area contributed by atoms with Crippen LogP contribution in [0.5, 0.6) is 0 Å². The number of carboxylic acid groups (broad SMARTS) is 1. The molecule has 94 valence electrons. The number of carbonyl (C=O) groups is 2. The molecule has 1 unspecified atom stereocenters. The molecule has 0 aromatic rings. The van der Waals surface area contributed by atoms with Crippen molar-refractivity contribution in [1.29, 1.82) is 0 Å². The molecule has 1 amide bonds. The van der Waals surface area contributed by atoms with Crippen LogP contribution in [0.4, 0.5) is 0 Å². The van der Waals surface area contributed by atoms with Crippen molar-refractivity contribution >= 4 is 11.9 Å². The molecule has 0 aliphatic heterocycles. The maximum Gasteiger partial charge on any atom is 0.323 e. The lowest BCUT2D eigenvalue weighted by molar-refractivity contribution is -0.145. The van der Waals surface area contributed by atoms with E-state index < -0.39 is 5.97 Å². The number of aliphatic carboxylic acids is 1. The molecule has 0 rings (SSSR count). The van der Waals surface area contributed by atoms with Gasteiger partial charge < -0.3 is 20.5 Å². The van der Waals surface area contributed by atoms with Crippen molar-refractivity contribution in [2.75, 3.05) is 26.8 Å². The number of carbonyl (C=O) groups excluding carboxylic acids is 1. The summed E-state index contributed by atoms with van der Waals surface area (Å²) in [7, 11) is 1.50. The van der Waals surface area contributed by atoms with Crippen molar-refractivity contribution in [3.8, 4) is 0 Å². The fraction of sp³-hybridized carbons (Fsp3) is 0.800. The lowest BCUT2D eigenvalue weighted by atomic mass is 10.1. The van der Waals surface area contributed by atoms with E-state index in [1.165, 1.54) is 12.0 Å². The lowest BCUT2D eigenvalue weighted by Crippen LogP contribution is -2.40. The zero-order valence-electron chi connectivity index (χ0n) is 9.81. The third-order valence-electron chi connectivity index (χ3n) is 2.21. The van der Waals surface area contributed by atoms with E-state index in [1.54, 1.807) is 0 Å². The summed E-state index contributed by atoms with van der Waals surface area (Å²) in [5.74, 6) is -1.27. The first-order chi connectivity index (χ1) is 7.51. The van der Waals surface area contributed by atoms with Crippen molar-refractivity contribution in [2.45, 2.75) is 25.8 Å². The third-order valence-corrected chi connectivity index (χ3v) is 2.21. The fourth-order valence-corrected chi connectivity index (χ4v) is 1.15. The van der Waals surface area contributed by atoms with Crippen LogP contribution in [0.1, 0.15) is 19.8 Å². The number of hydrogen-bond donors (Lipinski definition) is 2. The predicted octanol–water partition coefficient (Wildman–Crippen LogP) is -0.327. The Morgan fingerprint density at radius 2 is 2.12 bits per heavy atom. The molecular weight excluding hydrogens is 212 g/mol. The Bertz CT molecular complexity index is 233. The molecule has 0 fully saturated rings. The molecule has 0 radical (unpaired) electrons. The molecule has 6 nitrogen and oxygen atoms in total. The summed E-state index contributed by atoms with van der Waals surface area (Å²) in [5.41, 5.74) is 5.64. The average molecular weight is 232 g/mol. The van der Waals surface area contributed by atoms with Gasteiger partial charge in [0.15, 0.2) is 0 Å². The Labute approximate surface area is 95.4 Å². The van der Waals surface area contributed by atoms with Gasteiger partial charge in [0.2, 0.25) is 5.91 Å². The predicted molar refractivity (Wildman–Crippen MR) is 59.0 cm³/mol. The van der Waals surface area contributed by atoms with Gasteiger partial charge in [-0.15, -0.1) is 0 Å². The first kappa shape index (κ1) is 14.9. The summed E-state index contributed by atoms with van der Waals surface area (Å²) < 4.78 is 4.82. The highest BCUT2D eigenvalue weighted by molar-refractivity contribution is 5.81. The van der Waals surface area contributed by atoms with Gasteiger partial charge in [0.25, 0.3) is 0 Å². The van der Waals surface area contributed by atoms with Gasteiger partial charge in [-0.2, -0.15) is 0 Å². The van der Waals surface area contributed by atoms with Crippen LogP contribution in [-0.4, -0.2) is 54.7 Å². The minimum Gasteiger partial charge on any atom is -0.480 e. The first-order valence-electron chi connectivity index (χ1n) is 5.25. The van der Waals surface area contributed by atoms with E-state index in [0.717, 1.165) is 0 Å². The van der Waals surface area contributed by atoms with Gasteiger partial charge in [-0.1, -0.05) is 6.92 Å². The molecule has 0 bridgehead atoms. The second kappa shape index (κ2) is 8.06. The number of ether oxygens (including phenoxy) is 1. The van der Waals surface area contributed by atoms with Crippen LogP contribution in [0.3, 0.4) is 0 Å². The molecule has 3 N–H and O–H groups in total. The fourth-order valence-electron chi connectivity index (χ4n) is 1.15. The SMILES string of the molecule is CCC(N)CC(=O)N(CCOC)CC(=O)O. The molecule has 0 aromatic carbocycles. The topological polar surface area (TPSA) is 92.9 Å². The largest absolute Gasteiger partial charge is 0.480 e. The molecule has 16 heavy (non-hydrogen) atoms. The van der Waals surface area contributed by atoms with Crippen molar-refractivity contribution in [1.82, 2.24) is 4.90 Å². The Kier molecular flexibility index (Phi) is 7.49. The molecular formula is C10H20N2O4. The van der Waals surface area contributed by atoms with E-state index in [4.69, 9.17) is 15.6 Å². The molecule has 0 saturated heterocycles. The van der Waals surface area contributed by atoms with Crippen LogP contribution in [-0.2, 0) is 14.3 Å². The number of nitrogens with zero attached hydrogens (tertiary/aromatic N) is 1. The third kappa shape index (κ3) is 6.36. The summed E-state index contributed by atoms with van der Waals surface area (Å²) >= 11 is 0. The molecule has 0 aliphatic carbocycles. The molecule has 0 heterocycles. The smallest absolute Gasteiger partial charge is 0.323 e. The number of carboxylic acids is 1. The van der Waals surface area contributed by atoms with Crippen LogP contribution < -0.4 is 5.73 Å². The minimum atomic E-state index is -1.03. The summed E-state index contributed by atoms with van der Waals surface area (Å²) in [6, 6.07) is -0.216. The number of methoxy groups -OCH3 is 1. The van der Waals surface area contributed by atoms with Crippen LogP contribution in [0.2, 0.25) is 0 Å². The minimum absolute atomic E-state index is 0.174. The Balaban J connectivity index is 4.25.